The zero-order valence-corrected chi connectivity index (χ0v) is 19.6. The molecule has 4 heterocycles. The van der Waals surface area contributed by atoms with Crippen LogP contribution >= 0.6 is 0 Å². The number of hydrogen-bond acceptors (Lipinski definition) is 6. The summed E-state index contributed by atoms with van der Waals surface area (Å²) in [7, 11) is 0. The molecule has 1 aromatic carbocycles. The van der Waals surface area contributed by atoms with Crippen LogP contribution in [0.2, 0.25) is 0 Å². The highest BCUT2D eigenvalue weighted by Crippen LogP contribution is 2.30. The lowest BCUT2D eigenvalue weighted by molar-refractivity contribution is -0.134. The molecule has 8 nitrogen and oxygen atoms in total. The summed E-state index contributed by atoms with van der Waals surface area (Å²) >= 11 is 0. The number of allylic oxidation sites excluding steroid dienone is 1. The molecule has 2 aliphatic rings. The first kappa shape index (κ1) is 22.0. The van der Waals surface area contributed by atoms with Crippen LogP contribution in [-0.4, -0.2) is 58.5 Å². The standard InChI is InChI=1S/C26H29N7O/c1-3-5-22(28-12-24(34)33-15-18(9-27)16-33)21-10-29-26-25(21)31-23(11-30-26)19-6-4-7-20(8-19)32-13-17(2)14-32/h4-8,10-11,17-18,28H,3,12-16H2,1-2H3,(H,29,30)/b22-5+. The molecule has 0 atom stereocenters. The highest BCUT2D eigenvalue weighted by molar-refractivity contribution is 5.89. The molecule has 0 bridgehead atoms. The van der Waals surface area contributed by atoms with Crippen molar-refractivity contribution in [2.24, 2.45) is 11.8 Å². The van der Waals surface area contributed by atoms with Gasteiger partial charge in [-0.3, -0.25) is 4.79 Å². The Labute approximate surface area is 199 Å². The number of aromatic amines is 1. The van der Waals surface area contributed by atoms with Gasteiger partial charge in [-0.25, -0.2) is 9.97 Å². The van der Waals surface area contributed by atoms with E-state index in [4.69, 9.17) is 10.2 Å². The number of anilines is 1. The fraction of sp³-hybridized carbons (Fsp3) is 0.385. The van der Waals surface area contributed by atoms with Gasteiger partial charge in [0.25, 0.3) is 0 Å². The first-order valence-electron chi connectivity index (χ1n) is 11.9. The van der Waals surface area contributed by atoms with Crippen LogP contribution in [0.3, 0.4) is 0 Å². The van der Waals surface area contributed by atoms with E-state index in [1.54, 1.807) is 11.1 Å². The molecule has 34 heavy (non-hydrogen) atoms. The number of likely N-dealkylation sites (tertiary alicyclic amines) is 1. The number of benzene rings is 1. The second kappa shape index (κ2) is 9.18. The molecule has 2 aromatic heterocycles. The van der Waals surface area contributed by atoms with Crippen molar-refractivity contribution in [3.8, 4) is 17.3 Å². The largest absolute Gasteiger partial charge is 0.376 e. The van der Waals surface area contributed by atoms with Gasteiger partial charge in [0.15, 0.2) is 5.65 Å². The van der Waals surface area contributed by atoms with Gasteiger partial charge in [-0.15, -0.1) is 0 Å². The second-order valence-electron chi connectivity index (χ2n) is 9.22. The Morgan fingerprint density at radius 3 is 2.88 bits per heavy atom. The molecule has 2 N–H and O–H groups in total. The van der Waals surface area contributed by atoms with E-state index in [-0.39, 0.29) is 18.4 Å². The number of hydrogen-bond donors (Lipinski definition) is 2. The second-order valence-corrected chi connectivity index (χ2v) is 9.22. The lowest BCUT2D eigenvalue weighted by atomic mass is 10.0. The number of nitrogens with one attached hydrogen (secondary N) is 2. The lowest BCUT2D eigenvalue weighted by Crippen LogP contribution is -2.51. The van der Waals surface area contributed by atoms with Crippen LogP contribution in [0.1, 0.15) is 25.8 Å². The fourth-order valence-corrected chi connectivity index (χ4v) is 4.54. The average Bonchev–Trinajstić information content (AvgIpc) is 3.22. The highest BCUT2D eigenvalue weighted by Gasteiger charge is 2.30. The molecule has 1 amide bonds. The number of aromatic nitrogens is 3. The number of carbonyl (C=O) groups excluding carboxylic acids is 1. The van der Waals surface area contributed by atoms with Gasteiger partial charge in [0, 0.05) is 54.9 Å². The number of rotatable bonds is 7. The van der Waals surface area contributed by atoms with Gasteiger partial charge in [-0.1, -0.05) is 32.1 Å². The zero-order chi connectivity index (χ0) is 23.7. The van der Waals surface area contributed by atoms with E-state index in [9.17, 15) is 4.79 Å². The molecule has 2 saturated heterocycles. The van der Waals surface area contributed by atoms with Gasteiger partial charge < -0.3 is 20.1 Å². The molecule has 8 heteroatoms. The van der Waals surface area contributed by atoms with E-state index >= 15 is 0 Å². The number of fused-ring (bicyclic) bond motifs is 1. The van der Waals surface area contributed by atoms with E-state index in [2.05, 4.69) is 70.4 Å². The van der Waals surface area contributed by atoms with Crippen LogP contribution in [0.4, 0.5) is 5.69 Å². The predicted octanol–water partition coefficient (Wildman–Crippen LogP) is 3.40. The summed E-state index contributed by atoms with van der Waals surface area (Å²) in [5.74, 6) is 0.691. The van der Waals surface area contributed by atoms with Crippen LogP contribution in [-0.2, 0) is 4.79 Å². The summed E-state index contributed by atoms with van der Waals surface area (Å²) in [6.07, 6.45) is 6.56. The minimum atomic E-state index is -0.0417. The maximum absolute atomic E-state index is 12.5. The number of H-pyrrole nitrogens is 1. The molecular weight excluding hydrogens is 426 g/mol. The van der Waals surface area contributed by atoms with Crippen molar-refractivity contribution in [1.82, 2.24) is 25.2 Å². The van der Waals surface area contributed by atoms with E-state index in [0.29, 0.717) is 18.7 Å². The van der Waals surface area contributed by atoms with Crippen molar-refractivity contribution in [3.63, 3.8) is 0 Å². The molecule has 0 spiro atoms. The molecule has 174 valence electrons. The van der Waals surface area contributed by atoms with Crippen molar-refractivity contribution >= 4 is 28.5 Å². The van der Waals surface area contributed by atoms with Crippen LogP contribution < -0.4 is 10.2 Å². The van der Waals surface area contributed by atoms with Gasteiger partial charge >= 0.3 is 0 Å². The summed E-state index contributed by atoms with van der Waals surface area (Å²) in [6.45, 7) is 7.70. The molecule has 0 saturated carbocycles. The first-order valence-corrected chi connectivity index (χ1v) is 11.9. The SMILES string of the molecule is CC/C=C(/NCC(=O)N1CC(C#N)C1)c1c[nH]c2ncc(-c3cccc(N4CC(C)C4)c3)nc12. The van der Waals surface area contributed by atoms with E-state index in [1.165, 1.54) is 5.69 Å². The Hall–Kier alpha value is -3.86. The van der Waals surface area contributed by atoms with Crippen LogP contribution in [0.5, 0.6) is 0 Å². The molecule has 0 radical (unpaired) electrons. The highest BCUT2D eigenvalue weighted by atomic mass is 16.2. The zero-order valence-electron chi connectivity index (χ0n) is 19.6. The van der Waals surface area contributed by atoms with Crippen molar-refractivity contribution in [2.75, 3.05) is 37.6 Å². The Kier molecular flexibility index (Phi) is 5.93. The molecule has 0 aliphatic carbocycles. The van der Waals surface area contributed by atoms with Crippen molar-refractivity contribution in [3.05, 3.63) is 48.3 Å². The van der Waals surface area contributed by atoms with Crippen LogP contribution in [0.25, 0.3) is 28.1 Å². The van der Waals surface area contributed by atoms with E-state index in [0.717, 1.165) is 53.5 Å². The molecule has 2 fully saturated rings. The first-order chi connectivity index (χ1) is 16.6. The van der Waals surface area contributed by atoms with E-state index < -0.39 is 0 Å². The van der Waals surface area contributed by atoms with Crippen LogP contribution in [0, 0.1) is 23.2 Å². The number of nitriles is 1. The Balaban J connectivity index is 1.37. The third-order valence-corrected chi connectivity index (χ3v) is 6.50. The summed E-state index contributed by atoms with van der Waals surface area (Å²) < 4.78 is 0. The van der Waals surface area contributed by atoms with Crippen LogP contribution in [0.15, 0.2) is 42.7 Å². The number of amides is 1. The average molecular weight is 456 g/mol. The minimum Gasteiger partial charge on any atom is -0.376 e. The summed E-state index contributed by atoms with van der Waals surface area (Å²) in [4.78, 5) is 29.4. The maximum Gasteiger partial charge on any atom is 0.241 e. The minimum absolute atomic E-state index is 0.00255. The van der Waals surface area contributed by atoms with Crippen molar-refractivity contribution in [2.45, 2.75) is 20.3 Å². The third kappa shape index (κ3) is 4.21. The number of nitrogens with zero attached hydrogens (tertiary/aromatic N) is 5. The third-order valence-electron chi connectivity index (χ3n) is 6.50. The lowest BCUT2D eigenvalue weighted by Gasteiger charge is -2.39. The van der Waals surface area contributed by atoms with Crippen molar-refractivity contribution < 1.29 is 4.79 Å². The Morgan fingerprint density at radius 1 is 1.32 bits per heavy atom. The van der Waals surface area contributed by atoms with E-state index in [1.807, 2.05) is 6.20 Å². The van der Waals surface area contributed by atoms with Crippen molar-refractivity contribution in [1.29, 1.82) is 5.26 Å². The molecule has 3 aromatic rings. The Bertz CT molecular complexity index is 1280. The maximum atomic E-state index is 12.5. The smallest absolute Gasteiger partial charge is 0.241 e. The monoisotopic (exact) mass is 455 g/mol. The van der Waals surface area contributed by atoms with Gasteiger partial charge in [0.05, 0.1) is 30.4 Å². The normalized spacial score (nSPS) is 16.8. The Morgan fingerprint density at radius 2 is 2.15 bits per heavy atom. The summed E-state index contributed by atoms with van der Waals surface area (Å²) in [5.41, 5.74) is 6.30. The summed E-state index contributed by atoms with van der Waals surface area (Å²) in [5, 5.41) is 12.2. The predicted molar refractivity (Wildman–Crippen MR) is 133 cm³/mol. The summed E-state index contributed by atoms with van der Waals surface area (Å²) in [6, 6.07) is 10.7. The quantitative estimate of drug-likeness (QED) is 0.566. The number of carbonyl (C=O) groups is 1. The molecular formula is C26H29N7O. The van der Waals surface area contributed by atoms with Gasteiger partial charge in [-0.2, -0.15) is 5.26 Å². The molecule has 0 unspecified atom stereocenters. The molecule has 2 aliphatic heterocycles. The molecule has 5 rings (SSSR count). The van der Waals surface area contributed by atoms with Gasteiger partial charge in [0.2, 0.25) is 5.91 Å². The van der Waals surface area contributed by atoms with Gasteiger partial charge in [0.1, 0.15) is 5.52 Å². The fourth-order valence-electron chi connectivity index (χ4n) is 4.54. The van der Waals surface area contributed by atoms with Gasteiger partial charge in [-0.05, 0) is 24.5 Å². The topological polar surface area (TPSA) is 101 Å².